The van der Waals surface area contributed by atoms with E-state index in [9.17, 15) is 20.0 Å². The summed E-state index contributed by atoms with van der Waals surface area (Å²) in [5.74, 6) is 0.221. The molecule has 3 aromatic rings. The molecule has 0 amide bonds. The standard InChI is InChI=1S/C24H24N2O5/c1-14(2)17-7-9-18(10-8-17)31-16(4)22(27)21-15(3)20(12-25)23(28)26(24(21)29)13-19-6-5-11-30-19/h5-11,14,16,29H,13H2,1-4H3. The van der Waals surface area contributed by atoms with E-state index in [4.69, 9.17) is 9.15 Å². The van der Waals surface area contributed by atoms with E-state index in [0.717, 1.165) is 10.1 Å². The molecule has 3 rings (SSSR count). The molecule has 7 heteroatoms. The summed E-state index contributed by atoms with van der Waals surface area (Å²) in [6.07, 6.45) is 0.485. The molecule has 1 unspecified atom stereocenters. The van der Waals surface area contributed by atoms with Gasteiger partial charge in [0.25, 0.3) is 5.56 Å². The maximum absolute atomic E-state index is 13.2. The average molecular weight is 420 g/mol. The van der Waals surface area contributed by atoms with Gasteiger partial charge in [-0.3, -0.25) is 14.2 Å². The molecule has 0 aliphatic rings. The topological polar surface area (TPSA) is 105 Å². The van der Waals surface area contributed by atoms with Gasteiger partial charge in [0.15, 0.2) is 6.10 Å². The maximum atomic E-state index is 13.2. The van der Waals surface area contributed by atoms with Gasteiger partial charge in [-0.1, -0.05) is 26.0 Å². The average Bonchev–Trinajstić information content (AvgIpc) is 3.25. The van der Waals surface area contributed by atoms with Crippen LogP contribution in [0.2, 0.25) is 0 Å². The van der Waals surface area contributed by atoms with Crippen LogP contribution in [0.4, 0.5) is 0 Å². The van der Waals surface area contributed by atoms with Gasteiger partial charge in [0.05, 0.1) is 18.4 Å². The van der Waals surface area contributed by atoms with Crippen molar-refractivity contribution in [1.29, 1.82) is 5.26 Å². The Morgan fingerprint density at radius 1 is 1.23 bits per heavy atom. The predicted molar refractivity (Wildman–Crippen MR) is 115 cm³/mol. The maximum Gasteiger partial charge on any atom is 0.271 e. The highest BCUT2D eigenvalue weighted by atomic mass is 16.5. The number of carbonyl (C=O) groups excluding carboxylic acids is 1. The van der Waals surface area contributed by atoms with Crippen molar-refractivity contribution in [2.24, 2.45) is 0 Å². The first-order valence-electron chi connectivity index (χ1n) is 9.94. The Bertz CT molecular complexity index is 1180. The van der Waals surface area contributed by atoms with Crippen LogP contribution < -0.4 is 10.3 Å². The fraction of sp³-hybridized carbons (Fsp3) is 0.292. The van der Waals surface area contributed by atoms with Gasteiger partial charge in [0.1, 0.15) is 23.1 Å². The van der Waals surface area contributed by atoms with Gasteiger partial charge < -0.3 is 14.3 Å². The van der Waals surface area contributed by atoms with E-state index in [1.807, 2.05) is 18.2 Å². The summed E-state index contributed by atoms with van der Waals surface area (Å²) in [5.41, 5.74) is 0.248. The first kappa shape index (κ1) is 21.9. The number of furan rings is 1. The number of hydrogen-bond donors (Lipinski definition) is 1. The minimum absolute atomic E-state index is 0.112. The van der Waals surface area contributed by atoms with Gasteiger partial charge in [0, 0.05) is 0 Å². The second-order valence-corrected chi connectivity index (χ2v) is 7.63. The Morgan fingerprint density at radius 2 is 1.90 bits per heavy atom. The molecule has 1 N–H and O–H groups in total. The molecule has 0 saturated heterocycles. The summed E-state index contributed by atoms with van der Waals surface area (Å²) in [5, 5.41) is 20.3. The molecular weight excluding hydrogens is 396 g/mol. The van der Waals surface area contributed by atoms with Crippen molar-refractivity contribution in [2.75, 3.05) is 0 Å². The van der Waals surface area contributed by atoms with Gasteiger partial charge in [0.2, 0.25) is 11.7 Å². The van der Waals surface area contributed by atoms with Gasteiger partial charge in [-0.15, -0.1) is 0 Å². The van der Waals surface area contributed by atoms with Crippen LogP contribution in [0, 0.1) is 18.3 Å². The molecule has 31 heavy (non-hydrogen) atoms. The van der Waals surface area contributed by atoms with Gasteiger partial charge in [-0.25, -0.2) is 0 Å². The van der Waals surface area contributed by atoms with Crippen LogP contribution in [0.25, 0.3) is 0 Å². The third kappa shape index (κ3) is 4.38. The number of Topliss-reactive ketones (excluding diaryl/α,β-unsaturated/α-hetero) is 1. The minimum atomic E-state index is -0.949. The molecule has 160 valence electrons. The fourth-order valence-corrected chi connectivity index (χ4v) is 3.34. The number of carbonyl (C=O) groups is 1. The lowest BCUT2D eigenvalue weighted by Crippen LogP contribution is -2.31. The van der Waals surface area contributed by atoms with Crippen LogP contribution in [0.1, 0.15) is 59.5 Å². The molecule has 0 fully saturated rings. The van der Waals surface area contributed by atoms with Crippen LogP contribution >= 0.6 is 0 Å². The highest BCUT2D eigenvalue weighted by Gasteiger charge is 2.28. The lowest BCUT2D eigenvalue weighted by molar-refractivity contribution is 0.0812. The number of ether oxygens (including phenoxy) is 1. The number of benzene rings is 1. The van der Waals surface area contributed by atoms with Crippen molar-refractivity contribution < 1.29 is 19.1 Å². The molecule has 2 heterocycles. The van der Waals surface area contributed by atoms with Crippen molar-refractivity contribution in [1.82, 2.24) is 4.57 Å². The number of rotatable bonds is 7. The highest BCUT2D eigenvalue weighted by Crippen LogP contribution is 2.26. The van der Waals surface area contributed by atoms with E-state index in [1.165, 1.54) is 13.2 Å². The Hall–Kier alpha value is -3.79. The Balaban J connectivity index is 1.97. The van der Waals surface area contributed by atoms with Crippen LogP contribution in [-0.4, -0.2) is 21.6 Å². The highest BCUT2D eigenvalue weighted by molar-refractivity contribution is 6.03. The number of aromatic hydroxyl groups is 1. The second kappa shape index (κ2) is 8.92. The van der Waals surface area contributed by atoms with Gasteiger partial charge in [-0.2, -0.15) is 5.26 Å². The summed E-state index contributed by atoms with van der Waals surface area (Å²) in [7, 11) is 0. The molecule has 0 bridgehead atoms. The first-order valence-corrected chi connectivity index (χ1v) is 9.94. The molecule has 1 atom stereocenters. The van der Waals surface area contributed by atoms with Gasteiger partial charge >= 0.3 is 0 Å². The van der Waals surface area contributed by atoms with E-state index >= 15 is 0 Å². The molecule has 0 aliphatic carbocycles. The smallest absolute Gasteiger partial charge is 0.271 e. The summed E-state index contributed by atoms with van der Waals surface area (Å²) < 4.78 is 12.0. The van der Waals surface area contributed by atoms with Gasteiger partial charge in [-0.05, 0) is 55.2 Å². The van der Waals surface area contributed by atoms with Crippen molar-refractivity contribution in [3.8, 4) is 17.7 Å². The number of nitrogens with zero attached hydrogens (tertiary/aromatic N) is 2. The SMILES string of the molecule is Cc1c(C(=O)C(C)Oc2ccc(C(C)C)cc2)c(O)n(Cc2ccco2)c(=O)c1C#N. The minimum Gasteiger partial charge on any atom is -0.494 e. The number of ketones is 1. The Labute approximate surface area is 180 Å². The second-order valence-electron chi connectivity index (χ2n) is 7.63. The van der Waals surface area contributed by atoms with Crippen LogP contribution in [-0.2, 0) is 6.54 Å². The molecule has 0 aliphatic heterocycles. The summed E-state index contributed by atoms with van der Waals surface area (Å²) in [6.45, 7) is 7.08. The molecular formula is C24H24N2O5. The van der Waals surface area contributed by atoms with E-state index in [-0.39, 0.29) is 23.2 Å². The quantitative estimate of drug-likeness (QED) is 0.576. The fourth-order valence-electron chi connectivity index (χ4n) is 3.34. The molecule has 0 spiro atoms. The molecule has 1 aromatic carbocycles. The van der Waals surface area contributed by atoms with Crippen molar-refractivity contribution in [2.45, 2.75) is 46.3 Å². The predicted octanol–water partition coefficient (Wildman–Crippen LogP) is 4.15. The number of nitriles is 1. The van der Waals surface area contributed by atoms with E-state index in [0.29, 0.717) is 17.4 Å². The van der Waals surface area contributed by atoms with E-state index in [1.54, 1.807) is 31.2 Å². The monoisotopic (exact) mass is 420 g/mol. The van der Waals surface area contributed by atoms with Crippen LogP contribution in [0.5, 0.6) is 11.6 Å². The van der Waals surface area contributed by atoms with Crippen molar-refractivity contribution in [3.63, 3.8) is 0 Å². The van der Waals surface area contributed by atoms with Crippen molar-refractivity contribution >= 4 is 5.78 Å². The first-order chi connectivity index (χ1) is 14.7. The summed E-state index contributed by atoms with van der Waals surface area (Å²) in [4.78, 5) is 25.9. The van der Waals surface area contributed by atoms with E-state index in [2.05, 4.69) is 13.8 Å². The Kier molecular flexibility index (Phi) is 6.30. The van der Waals surface area contributed by atoms with E-state index < -0.39 is 23.3 Å². The van der Waals surface area contributed by atoms with Crippen LogP contribution in [0.15, 0.2) is 51.9 Å². The zero-order valence-electron chi connectivity index (χ0n) is 17.9. The molecule has 0 radical (unpaired) electrons. The summed E-state index contributed by atoms with van der Waals surface area (Å²) >= 11 is 0. The molecule has 7 nitrogen and oxygen atoms in total. The van der Waals surface area contributed by atoms with Crippen LogP contribution in [0.3, 0.4) is 0 Å². The number of pyridine rings is 1. The molecule has 2 aromatic heterocycles. The Morgan fingerprint density at radius 3 is 2.45 bits per heavy atom. The summed E-state index contributed by atoms with van der Waals surface area (Å²) in [6, 6.07) is 12.5. The zero-order chi connectivity index (χ0) is 22.7. The normalized spacial score (nSPS) is 11.9. The largest absolute Gasteiger partial charge is 0.494 e. The lowest BCUT2D eigenvalue weighted by Gasteiger charge is -2.19. The van der Waals surface area contributed by atoms with Crippen molar-refractivity contribution in [3.05, 3.63) is 81.0 Å². The third-order valence-electron chi connectivity index (χ3n) is 5.17. The number of hydrogen-bond acceptors (Lipinski definition) is 6. The number of aromatic nitrogens is 1. The third-order valence-corrected chi connectivity index (χ3v) is 5.17. The molecule has 0 saturated carbocycles. The zero-order valence-corrected chi connectivity index (χ0v) is 17.9. The lowest BCUT2D eigenvalue weighted by atomic mass is 9.99.